The third kappa shape index (κ3) is 3.33. The summed E-state index contributed by atoms with van der Waals surface area (Å²) in [5, 5.41) is -0.0380. The quantitative estimate of drug-likeness (QED) is 0.665. The van der Waals surface area contributed by atoms with Gasteiger partial charge in [0.2, 0.25) is 5.28 Å². The number of halogens is 1. The van der Waals surface area contributed by atoms with E-state index in [1.54, 1.807) is 13.0 Å². The summed E-state index contributed by atoms with van der Waals surface area (Å²) in [6, 6.07) is 5.97. The average Bonchev–Trinajstić information content (AvgIpc) is 2.26. The van der Waals surface area contributed by atoms with Crippen molar-refractivity contribution in [3.63, 3.8) is 0 Å². The van der Waals surface area contributed by atoms with E-state index < -0.39 is 10.0 Å². The fraction of sp³-hybridized carbons (Fsp3) is 0.0909. The Kier molecular flexibility index (Phi) is 3.59. The van der Waals surface area contributed by atoms with Crippen molar-refractivity contribution in [2.24, 2.45) is 0 Å². The second kappa shape index (κ2) is 5.02. The molecule has 0 atom stereocenters. The molecule has 0 bridgehead atoms. The van der Waals surface area contributed by atoms with E-state index in [1.807, 2.05) is 0 Å². The van der Waals surface area contributed by atoms with Crippen LogP contribution in [-0.2, 0) is 10.0 Å². The fourth-order valence-corrected chi connectivity index (χ4v) is 2.81. The van der Waals surface area contributed by atoms with Gasteiger partial charge >= 0.3 is 0 Å². The Morgan fingerprint density at radius 3 is 2.68 bits per heavy atom. The Morgan fingerprint density at radius 2 is 2.05 bits per heavy atom. The molecule has 8 heteroatoms. The molecule has 0 spiro atoms. The van der Waals surface area contributed by atoms with Gasteiger partial charge in [0.15, 0.2) is 0 Å². The minimum atomic E-state index is -3.75. The van der Waals surface area contributed by atoms with E-state index in [0.717, 1.165) is 5.56 Å². The summed E-state index contributed by atoms with van der Waals surface area (Å²) in [5.74, 6) is 0.0973. The van der Waals surface area contributed by atoms with E-state index in [2.05, 4.69) is 14.7 Å². The van der Waals surface area contributed by atoms with Crippen molar-refractivity contribution >= 4 is 33.1 Å². The molecule has 19 heavy (non-hydrogen) atoms. The van der Waals surface area contributed by atoms with Gasteiger partial charge in [-0.3, -0.25) is 4.72 Å². The van der Waals surface area contributed by atoms with Crippen molar-refractivity contribution in [1.29, 1.82) is 0 Å². The van der Waals surface area contributed by atoms with Crippen LogP contribution in [0.5, 0.6) is 0 Å². The third-order valence-electron chi connectivity index (χ3n) is 2.25. The van der Waals surface area contributed by atoms with Gasteiger partial charge in [-0.05, 0) is 48.4 Å². The second-order valence-electron chi connectivity index (χ2n) is 3.90. The van der Waals surface area contributed by atoms with E-state index in [-0.39, 0.29) is 16.0 Å². The predicted octanol–water partition coefficient (Wildman–Crippen LogP) is 1.82. The Bertz CT molecular complexity index is 698. The van der Waals surface area contributed by atoms with Crippen LogP contribution in [0.25, 0.3) is 0 Å². The van der Waals surface area contributed by atoms with Crippen LogP contribution in [0, 0.1) is 6.92 Å². The first-order valence-corrected chi connectivity index (χ1v) is 7.11. The van der Waals surface area contributed by atoms with Gasteiger partial charge in [-0.15, -0.1) is 0 Å². The molecule has 0 saturated carbocycles. The van der Waals surface area contributed by atoms with E-state index in [1.165, 1.54) is 24.4 Å². The first-order chi connectivity index (χ1) is 8.87. The first kappa shape index (κ1) is 13.6. The lowest BCUT2D eigenvalue weighted by molar-refractivity contribution is 0.601. The molecular formula is C11H11ClN4O2S. The maximum Gasteiger partial charge on any atom is 0.263 e. The zero-order valence-electron chi connectivity index (χ0n) is 9.96. The van der Waals surface area contributed by atoms with Crippen LogP contribution in [0.4, 0.5) is 11.5 Å². The van der Waals surface area contributed by atoms with Gasteiger partial charge < -0.3 is 5.73 Å². The largest absolute Gasteiger partial charge is 0.399 e. The first-order valence-electron chi connectivity index (χ1n) is 5.25. The molecule has 1 aromatic carbocycles. The van der Waals surface area contributed by atoms with Crippen molar-refractivity contribution in [1.82, 2.24) is 9.97 Å². The van der Waals surface area contributed by atoms with Crippen LogP contribution in [0.2, 0.25) is 5.28 Å². The summed E-state index contributed by atoms with van der Waals surface area (Å²) in [5.41, 5.74) is 6.76. The van der Waals surface area contributed by atoms with E-state index in [9.17, 15) is 8.42 Å². The number of aromatic nitrogens is 2. The second-order valence-corrected chi connectivity index (χ2v) is 5.92. The number of nitrogens with zero attached hydrogens (tertiary/aromatic N) is 2. The molecule has 0 unspecified atom stereocenters. The van der Waals surface area contributed by atoms with Crippen LogP contribution < -0.4 is 10.5 Å². The van der Waals surface area contributed by atoms with Gasteiger partial charge in [-0.1, -0.05) is 0 Å². The SMILES string of the molecule is Cc1cc(N)cc(S(=O)(=O)Nc2ccnc(Cl)n2)c1. The van der Waals surface area contributed by atoms with Crippen LogP contribution in [0.15, 0.2) is 35.4 Å². The van der Waals surface area contributed by atoms with Gasteiger partial charge in [-0.2, -0.15) is 4.98 Å². The fourth-order valence-electron chi connectivity index (χ4n) is 1.52. The molecule has 2 aromatic rings. The molecule has 1 aromatic heterocycles. The minimum Gasteiger partial charge on any atom is -0.399 e. The number of anilines is 2. The summed E-state index contributed by atoms with van der Waals surface area (Å²) < 4.78 is 26.6. The van der Waals surface area contributed by atoms with Crippen LogP contribution in [0.1, 0.15) is 5.56 Å². The Hall–Kier alpha value is -1.86. The number of hydrogen-bond donors (Lipinski definition) is 2. The van der Waals surface area contributed by atoms with E-state index >= 15 is 0 Å². The summed E-state index contributed by atoms with van der Waals surface area (Å²) in [7, 11) is -3.75. The molecule has 0 amide bonds. The van der Waals surface area contributed by atoms with Gasteiger partial charge in [0, 0.05) is 11.9 Å². The van der Waals surface area contributed by atoms with Crippen LogP contribution in [0.3, 0.4) is 0 Å². The Morgan fingerprint density at radius 1 is 1.32 bits per heavy atom. The maximum absolute atomic E-state index is 12.1. The highest BCUT2D eigenvalue weighted by Gasteiger charge is 2.16. The number of nitrogens with two attached hydrogens (primary N) is 1. The number of rotatable bonds is 3. The number of nitrogen functional groups attached to an aromatic ring is 1. The molecule has 0 saturated heterocycles. The zero-order chi connectivity index (χ0) is 14.0. The molecule has 2 rings (SSSR count). The van der Waals surface area contributed by atoms with Crippen molar-refractivity contribution in [2.45, 2.75) is 11.8 Å². The monoisotopic (exact) mass is 298 g/mol. The molecular weight excluding hydrogens is 288 g/mol. The average molecular weight is 299 g/mol. The van der Waals surface area contributed by atoms with Gasteiger partial charge in [0.1, 0.15) is 5.82 Å². The lowest BCUT2D eigenvalue weighted by Gasteiger charge is -2.08. The minimum absolute atomic E-state index is 0.0380. The van der Waals surface area contributed by atoms with Gasteiger partial charge in [-0.25, -0.2) is 13.4 Å². The maximum atomic E-state index is 12.1. The lowest BCUT2D eigenvalue weighted by Crippen LogP contribution is -2.14. The number of hydrogen-bond acceptors (Lipinski definition) is 5. The molecule has 0 radical (unpaired) electrons. The highest BCUT2D eigenvalue weighted by Crippen LogP contribution is 2.19. The predicted molar refractivity (Wildman–Crippen MR) is 73.4 cm³/mol. The van der Waals surface area contributed by atoms with Crippen molar-refractivity contribution < 1.29 is 8.42 Å². The molecule has 0 aliphatic carbocycles. The smallest absolute Gasteiger partial charge is 0.263 e. The number of sulfonamides is 1. The van der Waals surface area contributed by atoms with Crippen LogP contribution >= 0.6 is 11.6 Å². The Labute approximate surface area is 115 Å². The summed E-state index contributed by atoms with van der Waals surface area (Å²) in [6.07, 6.45) is 1.36. The molecule has 100 valence electrons. The van der Waals surface area contributed by atoms with E-state index in [4.69, 9.17) is 17.3 Å². The van der Waals surface area contributed by atoms with Crippen molar-refractivity contribution in [3.05, 3.63) is 41.3 Å². The molecule has 6 nitrogen and oxygen atoms in total. The summed E-state index contributed by atoms with van der Waals surface area (Å²) >= 11 is 5.59. The number of benzene rings is 1. The highest BCUT2D eigenvalue weighted by molar-refractivity contribution is 7.92. The Balaban J connectivity index is 2.37. The van der Waals surface area contributed by atoms with Gasteiger partial charge in [0.25, 0.3) is 10.0 Å². The highest BCUT2D eigenvalue weighted by atomic mass is 35.5. The summed E-state index contributed by atoms with van der Waals surface area (Å²) in [6.45, 7) is 1.76. The van der Waals surface area contributed by atoms with Crippen LogP contribution in [-0.4, -0.2) is 18.4 Å². The molecule has 3 N–H and O–H groups in total. The topological polar surface area (TPSA) is 98.0 Å². The third-order valence-corrected chi connectivity index (χ3v) is 3.76. The molecule has 0 aliphatic heterocycles. The standard InChI is InChI=1S/C11H11ClN4O2S/c1-7-4-8(13)6-9(5-7)19(17,18)16-10-2-3-14-11(12)15-10/h2-6H,13H2,1H3,(H,14,15,16). The number of aryl methyl sites for hydroxylation is 1. The lowest BCUT2D eigenvalue weighted by atomic mass is 10.2. The molecule has 0 aliphatic rings. The summed E-state index contributed by atoms with van der Waals surface area (Å²) in [4.78, 5) is 7.50. The molecule has 1 heterocycles. The van der Waals surface area contributed by atoms with Crippen molar-refractivity contribution in [2.75, 3.05) is 10.5 Å². The number of nitrogens with one attached hydrogen (secondary N) is 1. The molecule has 0 fully saturated rings. The zero-order valence-corrected chi connectivity index (χ0v) is 11.5. The van der Waals surface area contributed by atoms with Crippen molar-refractivity contribution in [3.8, 4) is 0 Å². The van der Waals surface area contributed by atoms with Gasteiger partial charge in [0.05, 0.1) is 4.90 Å². The van der Waals surface area contributed by atoms with E-state index in [0.29, 0.717) is 5.69 Å². The normalized spacial score (nSPS) is 11.3.